The van der Waals surface area contributed by atoms with Crippen molar-refractivity contribution in [2.45, 2.75) is 19.6 Å². The van der Waals surface area contributed by atoms with Gasteiger partial charge in [0.1, 0.15) is 11.5 Å². The Morgan fingerprint density at radius 2 is 1.09 bits per heavy atom. The lowest BCUT2D eigenvalue weighted by molar-refractivity contribution is 0.414. The van der Waals surface area contributed by atoms with Gasteiger partial charge in [0.2, 0.25) is 19.7 Å². The van der Waals surface area contributed by atoms with Gasteiger partial charge in [0.25, 0.3) is 0 Å². The molecule has 4 aromatic rings. The highest BCUT2D eigenvalue weighted by molar-refractivity contribution is 7.92. The summed E-state index contributed by atoms with van der Waals surface area (Å²) in [4.78, 5) is 4.22. The molecule has 0 atom stereocenters. The van der Waals surface area contributed by atoms with Crippen molar-refractivity contribution in [3.8, 4) is 11.5 Å². The Labute approximate surface area is 186 Å². The third kappa shape index (κ3) is 3.69. The second-order valence-corrected chi connectivity index (χ2v) is 10.7. The molecule has 0 spiro atoms. The Bertz CT molecular complexity index is 1380. The van der Waals surface area contributed by atoms with Crippen LogP contribution in [0.15, 0.2) is 98.6 Å². The number of fused-ring (bicyclic) bond motifs is 1. The summed E-state index contributed by atoms with van der Waals surface area (Å²) in [6, 6.07) is 17.7. The average Bonchev–Trinajstić information content (AvgIpc) is 2.83. The maximum Gasteiger partial charge on any atom is 0.208 e. The quantitative estimate of drug-likeness (QED) is 0.422. The SMILES string of the molecule is COc1ccc(S(=O)(=O)c2ccc(S(=O)(=O)c3ccc(OC)cc3)c3ncccc23)cc1. The Hall–Kier alpha value is -3.43. The Balaban J connectivity index is 1.89. The topological polar surface area (TPSA) is 99.6 Å². The fourth-order valence-corrected chi connectivity index (χ4v) is 6.20. The third-order valence-corrected chi connectivity index (χ3v) is 8.64. The molecule has 32 heavy (non-hydrogen) atoms. The van der Waals surface area contributed by atoms with E-state index in [9.17, 15) is 16.8 Å². The Kier molecular flexibility index (Phi) is 5.62. The standard InChI is InChI=1S/C23H19NO6S2/c1-29-16-5-9-18(10-6-16)31(25,26)21-13-14-22(23-20(21)4-3-15-24-23)32(27,28)19-11-7-17(30-2)8-12-19/h3-15H,1-2H3. The Morgan fingerprint density at radius 1 is 0.625 bits per heavy atom. The van der Waals surface area contributed by atoms with Crippen molar-refractivity contribution in [2.24, 2.45) is 0 Å². The van der Waals surface area contributed by atoms with Crippen LogP contribution in [0.25, 0.3) is 10.9 Å². The number of hydrogen-bond donors (Lipinski definition) is 0. The summed E-state index contributed by atoms with van der Waals surface area (Å²) in [6.45, 7) is 0. The van der Waals surface area contributed by atoms with Gasteiger partial charge in [-0.2, -0.15) is 0 Å². The summed E-state index contributed by atoms with van der Waals surface area (Å²) in [7, 11) is -4.91. The van der Waals surface area contributed by atoms with E-state index in [1.54, 1.807) is 36.4 Å². The van der Waals surface area contributed by atoms with Crippen LogP contribution in [0, 0.1) is 0 Å². The predicted octanol–water partition coefficient (Wildman–Crippen LogP) is 3.92. The highest BCUT2D eigenvalue weighted by atomic mass is 32.2. The molecule has 0 aliphatic carbocycles. The zero-order valence-corrected chi connectivity index (χ0v) is 18.9. The molecule has 4 rings (SSSR count). The summed E-state index contributed by atoms with van der Waals surface area (Å²) >= 11 is 0. The summed E-state index contributed by atoms with van der Waals surface area (Å²) < 4.78 is 63.4. The van der Waals surface area contributed by atoms with Gasteiger partial charge < -0.3 is 9.47 Å². The lowest BCUT2D eigenvalue weighted by Gasteiger charge is -2.12. The monoisotopic (exact) mass is 469 g/mol. The second-order valence-electron chi connectivity index (χ2n) is 6.82. The number of sulfone groups is 2. The third-order valence-electron chi connectivity index (χ3n) is 5.01. The van der Waals surface area contributed by atoms with Crippen LogP contribution in [0.3, 0.4) is 0 Å². The lowest BCUT2D eigenvalue weighted by atomic mass is 10.2. The minimum Gasteiger partial charge on any atom is -0.497 e. The minimum absolute atomic E-state index is 0.0283. The van der Waals surface area contributed by atoms with Crippen molar-refractivity contribution < 1.29 is 26.3 Å². The number of nitrogens with zero attached hydrogens (tertiary/aromatic N) is 1. The molecular formula is C23H19NO6S2. The first-order valence-corrected chi connectivity index (χ1v) is 12.4. The van der Waals surface area contributed by atoms with Crippen LogP contribution >= 0.6 is 0 Å². The van der Waals surface area contributed by atoms with E-state index < -0.39 is 19.7 Å². The number of rotatable bonds is 6. The van der Waals surface area contributed by atoms with Crippen molar-refractivity contribution in [2.75, 3.05) is 14.2 Å². The fraction of sp³-hybridized carbons (Fsp3) is 0.0870. The van der Waals surface area contributed by atoms with E-state index in [0.717, 1.165) is 0 Å². The molecule has 0 saturated heterocycles. The van der Waals surface area contributed by atoms with Gasteiger partial charge in [-0.15, -0.1) is 0 Å². The van der Waals surface area contributed by atoms with E-state index in [4.69, 9.17) is 9.47 Å². The molecule has 9 heteroatoms. The molecule has 0 N–H and O–H groups in total. The van der Waals surface area contributed by atoms with Gasteiger partial charge in [-0.1, -0.05) is 0 Å². The molecule has 1 heterocycles. The van der Waals surface area contributed by atoms with Gasteiger partial charge in [0.15, 0.2) is 0 Å². The van der Waals surface area contributed by atoms with E-state index >= 15 is 0 Å². The van der Waals surface area contributed by atoms with Gasteiger partial charge in [-0.25, -0.2) is 16.8 Å². The van der Waals surface area contributed by atoms with Gasteiger partial charge >= 0.3 is 0 Å². The smallest absolute Gasteiger partial charge is 0.208 e. The first-order valence-electron chi connectivity index (χ1n) is 9.45. The lowest BCUT2D eigenvalue weighted by Crippen LogP contribution is -2.07. The molecule has 7 nitrogen and oxygen atoms in total. The van der Waals surface area contributed by atoms with E-state index in [1.807, 2.05) is 0 Å². The number of benzene rings is 3. The molecule has 0 bridgehead atoms. The van der Waals surface area contributed by atoms with Crippen molar-refractivity contribution >= 4 is 30.6 Å². The molecule has 0 fully saturated rings. The summed E-state index contributed by atoms with van der Waals surface area (Å²) in [5.74, 6) is 1.05. The van der Waals surface area contributed by atoms with Gasteiger partial charge in [-0.05, 0) is 72.8 Å². The van der Waals surface area contributed by atoms with Crippen LogP contribution < -0.4 is 9.47 Å². The molecule has 3 aromatic carbocycles. The van der Waals surface area contributed by atoms with E-state index in [-0.39, 0.29) is 30.5 Å². The Morgan fingerprint density at radius 3 is 1.59 bits per heavy atom. The summed E-state index contributed by atoms with van der Waals surface area (Å²) in [5.41, 5.74) is 0.0814. The molecule has 0 aliphatic heterocycles. The van der Waals surface area contributed by atoms with Crippen molar-refractivity contribution in [3.05, 3.63) is 79.0 Å². The molecule has 164 valence electrons. The van der Waals surface area contributed by atoms with Crippen LogP contribution in [0.5, 0.6) is 11.5 Å². The molecule has 0 saturated carbocycles. The molecule has 1 aromatic heterocycles. The van der Waals surface area contributed by atoms with E-state index in [2.05, 4.69) is 4.98 Å². The van der Waals surface area contributed by atoms with Crippen LogP contribution in [-0.4, -0.2) is 36.0 Å². The fourth-order valence-electron chi connectivity index (χ4n) is 3.34. The van der Waals surface area contributed by atoms with Crippen LogP contribution in [-0.2, 0) is 19.7 Å². The highest BCUT2D eigenvalue weighted by Gasteiger charge is 2.26. The average molecular weight is 470 g/mol. The number of aromatic nitrogens is 1. The normalized spacial score (nSPS) is 11.9. The van der Waals surface area contributed by atoms with Gasteiger partial charge in [0, 0.05) is 11.6 Å². The zero-order chi connectivity index (χ0) is 22.9. The van der Waals surface area contributed by atoms with Crippen molar-refractivity contribution in [1.82, 2.24) is 4.98 Å². The summed E-state index contributed by atoms with van der Waals surface area (Å²) in [5, 5.41) is 0.220. The molecule has 0 amide bonds. The molecule has 0 radical (unpaired) electrons. The van der Waals surface area contributed by atoms with E-state index in [0.29, 0.717) is 11.5 Å². The molecule has 0 unspecified atom stereocenters. The van der Waals surface area contributed by atoms with Crippen LogP contribution in [0.1, 0.15) is 0 Å². The molecular weight excluding hydrogens is 450 g/mol. The predicted molar refractivity (Wildman–Crippen MR) is 119 cm³/mol. The van der Waals surface area contributed by atoms with Gasteiger partial charge in [0.05, 0.1) is 39.3 Å². The summed E-state index contributed by atoms with van der Waals surface area (Å²) in [6.07, 6.45) is 1.43. The zero-order valence-electron chi connectivity index (χ0n) is 17.2. The van der Waals surface area contributed by atoms with E-state index in [1.165, 1.54) is 56.8 Å². The number of methoxy groups -OCH3 is 2. The number of ether oxygens (including phenoxy) is 2. The first kappa shape index (κ1) is 21.8. The minimum atomic E-state index is -3.96. The second kappa shape index (κ2) is 8.25. The van der Waals surface area contributed by atoms with Gasteiger partial charge in [-0.3, -0.25) is 4.98 Å². The van der Waals surface area contributed by atoms with Crippen LogP contribution in [0.4, 0.5) is 0 Å². The maximum atomic E-state index is 13.3. The number of hydrogen-bond acceptors (Lipinski definition) is 7. The maximum absolute atomic E-state index is 13.3. The molecule has 0 aliphatic rings. The highest BCUT2D eigenvalue weighted by Crippen LogP contribution is 2.34. The van der Waals surface area contributed by atoms with Crippen molar-refractivity contribution in [3.63, 3.8) is 0 Å². The van der Waals surface area contributed by atoms with Crippen LogP contribution in [0.2, 0.25) is 0 Å². The first-order chi connectivity index (χ1) is 15.3. The largest absolute Gasteiger partial charge is 0.497 e. The number of pyridine rings is 1. The van der Waals surface area contributed by atoms with Crippen molar-refractivity contribution in [1.29, 1.82) is 0 Å².